The van der Waals surface area contributed by atoms with E-state index in [1.54, 1.807) is 22.7 Å². The summed E-state index contributed by atoms with van der Waals surface area (Å²) in [6.07, 6.45) is 0. The predicted molar refractivity (Wildman–Crippen MR) is 90.9 cm³/mol. The van der Waals surface area contributed by atoms with Gasteiger partial charge in [0, 0.05) is 9.35 Å². The van der Waals surface area contributed by atoms with E-state index in [4.69, 9.17) is 0 Å². The van der Waals surface area contributed by atoms with Crippen molar-refractivity contribution in [3.63, 3.8) is 0 Å². The van der Waals surface area contributed by atoms with Crippen LogP contribution in [0.5, 0.6) is 0 Å². The first kappa shape index (κ1) is 14.0. The molecule has 0 radical (unpaired) electrons. The molecule has 3 rings (SSSR count). The Hall–Kier alpha value is -0.980. The number of aryl methyl sites for hydroxylation is 2. The normalized spacial score (nSPS) is 12.8. The van der Waals surface area contributed by atoms with Crippen LogP contribution in [0.4, 0.5) is 5.13 Å². The third kappa shape index (κ3) is 2.73. The molecular formula is C14H14BrN3S2. The van der Waals surface area contributed by atoms with Crippen molar-refractivity contribution >= 4 is 54.0 Å². The van der Waals surface area contributed by atoms with Crippen molar-refractivity contribution in [3.05, 3.63) is 38.3 Å². The summed E-state index contributed by atoms with van der Waals surface area (Å²) in [6.45, 7) is 6.26. The molecule has 2 aromatic heterocycles. The van der Waals surface area contributed by atoms with Gasteiger partial charge >= 0.3 is 0 Å². The van der Waals surface area contributed by atoms with Gasteiger partial charge in [0.05, 0.1) is 27.0 Å². The molecule has 0 aliphatic rings. The number of aromatic nitrogens is 2. The van der Waals surface area contributed by atoms with Crippen LogP contribution in [-0.2, 0) is 0 Å². The number of thiazole rings is 2. The van der Waals surface area contributed by atoms with Crippen molar-refractivity contribution in [1.29, 1.82) is 0 Å². The van der Waals surface area contributed by atoms with Crippen molar-refractivity contribution in [3.8, 4) is 0 Å². The van der Waals surface area contributed by atoms with E-state index in [1.807, 2.05) is 19.1 Å². The molecule has 0 saturated carbocycles. The highest BCUT2D eigenvalue weighted by molar-refractivity contribution is 9.10. The van der Waals surface area contributed by atoms with Crippen molar-refractivity contribution in [1.82, 2.24) is 9.97 Å². The zero-order valence-electron chi connectivity index (χ0n) is 11.4. The highest BCUT2D eigenvalue weighted by atomic mass is 79.9. The lowest BCUT2D eigenvalue weighted by atomic mass is 10.2. The van der Waals surface area contributed by atoms with E-state index < -0.39 is 0 Å². The highest BCUT2D eigenvalue weighted by Gasteiger charge is 2.14. The molecule has 20 heavy (non-hydrogen) atoms. The van der Waals surface area contributed by atoms with Crippen LogP contribution in [0, 0.1) is 13.8 Å². The smallest absolute Gasteiger partial charge is 0.184 e. The largest absolute Gasteiger partial charge is 0.354 e. The molecular weight excluding hydrogens is 354 g/mol. The van der Waals surface area contributed by atoms with Gasteiger partial charge in [-0.2, -0.15) is 0 Å². The van der Waals surface area contributed by atoms with E-state index in [9.17, 15) is 0 Å². The van der Waals surface area contributed by atoms with Gasteiger partial charge in [0.15, 0.2) is 5.13 Å². The molecule has 0 fully saturated rings. The molecule has 2 heterocycles. The van der Waals surface area contributed by atoms with Crippen molar-refractivity contribution < 1.29 is 0 Å². The molecule has 0 saturated heterocycles. The Morgan fingerprint density at radius 1 is 1.20 bits per heavy atom. The summed E-state index contributed by atoms with van der Waals surface area (Å²) in [5.74, 6) is 0. The molecule has 1 N–H and O–H groups in total. The van der Waals surface area contributed by atoms with E-state index in [1.165, 1.54) is 9.58 Å². The molecule has 1 unspecified atom stereocenters. The standard InChI is InChI=1S/C14H14BrN3S2/c1-7-13(19-9(3)16-7)8(2)17-14-18-11-5-4-10(15)6-12(11)20-14/h4-6,8H,1-3H3,(H,17,18). The Labute approximate surface area is 134 Å². The minimum Gasteiger partial charge on any atom is -0.354 e. The monoisotopic (exact) mass is 367 g/mol. The number of benzene rings is 1. The molecule has 1 atom stereocenters. The van der Waals surface area contributed by atoms with Gasteiger partial charge in [0.1, 0.15) is 0 Å². The topological polar surface area (TPSA) is 37.8 Å². The van der Waals surface area contributed by atoms with E-state index in [0.29, 0.717) is 0 Å². The zero-order valence-corrected chi connectivity index (χ0v) is 14.6. The summed E-state index contributed by atoms with van der Waals surface area (Å²) in [5.41, 5.74) is 2.14. The molecule has 0 aliphatic heterocycles. The number of anilines is 1. The van der Waals surface area contributed by atoms with Crippen LogP contribution in [0.3, 0.4) is 0 Å². The molecule has 6 heteroatoms. The van der Waals surface area contributed by atoms with Crippen LogP contribution in [-0.4, -0.2) is 9.97 Å². The maximum Gasteiger partial charge on any atom is 0.184 e. The second-order valence-corrected chi connectivity index (χ2v) is 7.86. The van der Waals surface area contributed by atoms with E-state index in [0.717, 1.165) is 25.8 Å². The fraction of sp³-hybridized carbons (Fsp3) is 0.286. The maximum absolute atomic E-state index is 4.63. The molecule has 1 aromatic carbocycles. The first-order valence-corrected chi connectivity index (χ1v) is 8.72. The van der Waals surface area contributed by atoms with Gasteiger partial charge in [-0.15, -0.1) is 11.3 Å². The Bertz CT molecular complexity index is 763. The van der Waals surface area contributed by atoms with Crippen molar-refractivity contribution in [2.45, 2.75) is 26.8 Å². The Kier molecular flexibility index (Phi) is 3.79. The number of fused-ring (bicyclic) bond motifs is 1. The third-order valence-electron chi connectivity index (χ3n) is 3.02. The van der Waals surface area contributed by atoms with Crippen LogP contribution in [0.2, 0.25) is 0 Å². The van der Waals surface area contributed by atoms with Gasteiger partial charge in [0.2, 0.25) is 0 Å². The first-order chi connectivity index (χ1) is 9.52. The summed E-state index contributed by atoms with van der Waals surface area (Å²) in [7, 11) is 0. The summed E-state index contributed by atoms with van der Waals surface area (Å²) in [6, 6.07) is 6.38. The number of nitrogens with zero attached hydrogens (tertiary/aromatic N) is 2. The lowest BCUT2D eigenvalue weighted by Crippen LogP contribution is -2.05. The van der Waals surface area contributed by atoms with Crippen LogP contribution in [0.15, 0.2) is 22.7 Å². The molecule has 3 aromatic rings. The number of rotatable bonds is 3. The summed E-state index contributed by atoms with van der Waals surface area (Å²) in [5, 5.41) is 5.55. The maximum atomic E-state index is 4.63. The SMILES string of the molecule is Cc1nc(C)c(C(C)Nc2nc3ccc(Br)cc3s2)s1. The van der Waals surface area contributed by atoms with Gasteiger partial charge in [-0.3, -0.25) is 0 Å². The van der Waals surface area contributed by atoms with E-state index in [-0.39, 0.29) is 6.04 Å². The van der Waals surface area contributed by atoms with Gasteiger partial charge in [-0.05, 0) is 39.0 Å². The van der Waals surface area contributed by atoms with Gasteiger partial charge in [-0.1, -0.05) is 27.3 Å². The highest BCUT2D eigenvalue weighted by Crippen LogP contribution is 2.32. The molecule has 104 valence electrons. The minimum atomic E-state index is 0.227. The van der Waals surface area contributed by atoms with Crippen LogP contribution in [0.25, 0.3) is 10.2 Å². The number of halogens is 1. The fourth-order valence-electron chi connectivity index (χ4n) is 2.16. The first-order valence-electron chi connectivity index (χ1n) is 6.29. The summed E-state index contributed by atoms with van der Waals surface area (Å²) < 4.78 is 2.27. The number of hydrogen-bond donors (Lipinski definition) is 1. The van der Waals surface area contributed by atoms with Gasteiger partial charge in [-0.25, -0.2) is 9.97 Å². The molecule has 0 aliphatic carbocycles. The average Bonchev–Trinajstić information content (AvgIpc) is 2.91. The molecule has 3 nitrogen and oxygen atoms in total. The average molecular weight is 368 g/mol. The Balaban J connectivity index is 1.87. The van der Waals surface area contributed by atoms with Crippen LogP contribution < -0.4 is 5.32 Å². The minimum absolute atomic E-state index is 0.227. The third-order valence-corrected chi connectivity index (χ3v) is 5.72. The van der Waals surface area contributed by atoms with Gasteiger partial charge in [0.25, 0.3) is 0 Å². The summed E-state index contributed by atoms with van der Waals surface area (Å²) in [4.78, 5) is 10.4. The van der Waals surface area contributed by atoms with Crippen molar-refractivity contribution in [2.24, 2.45) is 0 Å². The predicted octanol–water partition coefficient (Wildman–Crippen LogP) is 5.31. The Morgan fingerprint density at radius 2 is 2.00 bits per heavy atom. The number of hydrogen-bond acceptors (Lipinski definition) is 5. The molecule has 0 bridgehead atoms. The van der Waals surface area contributed by atoms with Crippen LogP contribution in [0.1, 0.15) is 28.5 Å². The number of nitrogens with one attached hydrogen (secondary N) is 1. The molecule has 0 spiro atoms. The summed E-state index contributed by atoms with van der Waals surface area (Å²) >= 11 is 6.92. The lowest BCUT2D eigenvalue weighted by Gasteiger charge is -2.11. The fourth-order valence-corrected chi connectivity index (χ4v) is 4.59. The lowest BCUT2D eigenvalue weighted by molar-refractivity contribution is 0.888. The van der Waals surface area contributed by atoms with E-state index in [2.05, 4.69) is 51.1 Å². The Morgan fingerprint density at radius 3 is 2.70 bits per heavy atom. The second kappa shape index (κ2) is 5.42. The zero-order chi connectivity index (χ0) is 14.3. The van der Waals surface area contributed by atoms with Crippen LogP contribution >= 0.6 is 38.6 Å². The second-order valence-electron chi connectivity index (χ2n) is 4.68. The van der Waals surface area contributed by atoms with Gasteiger partial charge < -0.3 is 5.32 Å². The molecule has 0 amide bonds. The quantitative estimate of drug-likeness (QED) is 0.681. The van der Waals surface area contributed by atoms with E-state index >= 15 is 0 Å². The van der Waals surface area contributed by atoms with Crippen molar-refractivity contribution in [2.75, 3.05) is 5.32 Å².